The minimum absolute atomic E-state index is 0.0528. The fourth-order valence-electron chi connectivity index (χ4n) is 2.86. The zero-order chi connectivity index (χ0) is 13.4. The van der Waals surface area contributed by atoms with Crippen LogP contribution in [-0.2, 0) is 11.2 Å². The summed E-state index contributed by atoms with van der Waals surface area (Å²) in [6, 6.07) is 8.24. The largest absolute Gasteiger partial charge is 0.482 e. The summed E-state index contributed by atoms with van der Waals surface area (Å²) in [5.74, 6) is 2.94. The summed E-state index contributed by atoms with van der Waals surface area (Å²) >= 11 is 0. The quantitative estimate of drug-likeness (QED) is 0.703. The van der Waals surface area contributed by atoms with Gasteiger partial charge in [-0.25, -0.2) is 0 Å². The van der Waals surface area contributed by atoms with Crippen molar-refractivity contribution < 1.29 is 9.47 Å². The molecule has 0 amide bonds. The summed E-state index contributed by atoms with van der Waals surface area (Å²) in [5.41, 5.74) is 2.53. The number of ether oxygens (including phenoxy) is 2. The van der Waals surface area contributed by atoms with Gasteiger partial charge in [-0.2, -0.15) is 0 Å². The second kappa shape index (κ2) is 4.71. The lowest BCUT2D eigenvalue weighted by Gasteiger charge is -2.28. The first-order chi connectivity index (χ1) is 9.90. The Morgan fingerprint density at radius 1 is 1.00 bits per heavy atom. The molecule has 0 saturated heterocycles. The highest BCUT2D eigenvalue weighted by Crippen LogP contribution is 2.34. The van der Waals surface area contributed by atoms with E-state index in [0.29, 0.717) is 0 Å². The molecule has 0 aromatic heterocycles. The second-order valence-corrected chi connectivity index (χ2v) is 5.25. The lowest BCUT2D eigenvalue weighted by molar-refractivity contribution is 0.151. The van der Waals surface area contributed by atoms with Crippen LogP contribution in [0.1, 0.15) is 18.4 Å². The molecular weight excluding hydrogens is 248 g/mol. The zero-order valence-corrected chi connectivity index (χ0v) is 11.2. The molecule has 1 atom stereocenters. The number of rotatable bonds is 0. The van der Waals surface area contributed by atoms with Gasteiger partial charge in [-0.3, -0.25) is 0 Å². The Morgan fingerprint density at radius 3 is 2.95 bits per heavy atom. The Kier molecular flexibility index (Phi) is 2.73. The van der Waals surface area contributed by atoms with Crippen LogP contribution in [0.2, 0.25) is 0 Å². The van der Waals surface area contributed by atoms with E-state index in [2.05, 4.69) is 36.4 Å². The van der Waals surface area contributed by atoms with Gasteiger partial charge in [0, 0.05) is 12.8 Å². The third-order valence-electron chi connectivity index (χ3n) is 3.94. The number of aryl methyl sites for hydroxylation is 1. The van der Waals surface area contributed by atoms with Gasteiger partial charge in [0.1, 0.15) is 23.4 Å². The van der Waals surface area contributed by atoms with Gasteiger partial charge < -0.3 is 9.47 Å². The highest BCUT2D eigenvalue weighted by molar-refractivity contribution is 5.41. The predicted octanol–water partition coefficient (Wildman–Crippen LogP) is 4.06. The molecule has 0 bridgehead atoms. The molecule has 1 unspecified atom stereocenters. The summed E-state index contributed by atoms with van der Waals surface area (Å²) in [4.78, 5) is 0. The maximum atomic E-state index is 6.09. The van der Waals surface area contributed by atoms with Crippen molar-refractivity contribution in [1.82, 2.24) is 0 Å². The topological polar surface area (TPSA) is 18.5 Å². The third-order valence-corrected chi connectivity index (χ3v) is 3.94. The summed E-state index contributed by atoms with van der Waals surface area (Å²) < 4.78 is 12.1. The number of allylic oxidation sites excluding steroid dienone is 4. The van der Waals surface area contributed by atoms with Crippen LogP contribution >= 0.6 is 0 Å². The van der Waals surface area contributed by atoms with Gasteiger partial charge in [0.05, 0.1) is 0 Å². The van der Waals surface area contributed by atoms with Crippen molar-refractivity contribution in [3.8, 4) is 5.75 Å². The Hall–Kier alpha value is -2.22. The van der Waals surface area contributed by atoms with Crippen molar-refractivity contribution in [2.24, 2.45) is 0 Å². The van der Waals surface area contributed by atoms with E-state index in [1.807, 2.05) is 18.2 Å². The van der Waals surface area contributed by atoms with E-state index < -0.39 is 0 Å². The van der Waals surface area contributed by atoms with Crippen molar-refractivity contribution in [3.05, 3.63) is 77.3 Å². The number of benzene rings is 1. The molecule has 20 heavy (non-hydrogen) atoms. The molecule has 0 N–H and O–H groups in total. The standard InChI is InChI=1S/C18H16O2/c1-3-7-15-13(5-1)9-11-17(19-15)18-12-10-14-6-2-4-8-16(14)20-18/h1-9,15H,10-12H2/b18-17+. The van der Waals surface area contributed by atoms with Gasteiger partial charge in [-0.15, -0.1) is 0 Å². The van der Waals surface area contributed by atoms with Crippen molar-refractivity contribution >= 4 is 0 Å². The average Bonchev–Trinajstić information content (AvgIpc) is 2.54. The SMILES string of the molecule is C1=CC2=CC/C(=C3/CCc4ccccc4O3)OC2C=C1. The normalized spacial score (nSPS) is 27.0. The number of hydrogen-bond acceptors (Lipinski definition) is 2. The van der Waals surface area contributed by atoms with Crippen LogP contribution in [0, 0.1) is 0 Å². The van der Waals surface area contributed by atoms with Gasteiger partial charge in [0.2, 0.25) is 0 Å². The zero-order valence-electron chi connectivity index (χ0n) is 11.2. The average molecular weight is 264 g/mol. The second-order valence-electron chi connectivity index (χ2n) is 5.25. The van der Waals surface area contributed by atoms with E-state index >= 15 is 0 Å². The molecule has 100 valence electrons. The molecule has 2 heterocycles. The van der Waals surface area contributed by atoms with Crippen LogP contribution in [0.15, 0.2) is 71.7 Å². The Labute approximate surface area is 118 Å². The van der Waals surface area contributed by atoms with Crippen LogP contribution in [-0.4, -0.2) is 6.10 Å². The Bertz CT molecular complexity index is 662. The molecule has 0 radical (unpaired) electrons. The smallest absolute Gasteiger partial charge is 0.142 e. The van der Waals surface area contributed by atoms with Crippen molar-refractivity contribution in [2.45, 2.75) is 25.4 Å². The lowest BCUT2D eigenvalue weighted by atomic mass is 9.98. The van der Waals surface area contributed by atoms with Crippen molar-refractivity contribution in [2.75, 3.05) is 0 Å². The van der Waals surface area contributed by atoms with Crippen LogP contribution in [0.25, 0.3) is 0 Å². The molecular formula is C18H16O2. The minimum Gasteiger partial charge on any atom is -0.482 e. The first kappa shape index (κ1) is 11.6. The van der Waals surface area contributed by atoms with E-state index in [1.165, 1.54) is 11.1 Å². The van der Waals surface area contributed by atoms with E-state index in [9.17, 15) is 0 Å². The summed E-state index contributed by atoms with van der Waals surface area (Å²) in [6.45, 7) is 0. The van der Waals surface area contributed by atoms with Crippen LogP contribution in [0.3, 0.4) is 0 Å². The Morgan fingerprint density at radius 2 is 1.95 bits per heavy atom. The van der Waals surface area contributed by atoms with Crippen LogP contribution in [0.5, 0.6) is 5.75 Å². The van der Waals surface area contributed by atoms with Crippen molar-refractivity contribution in [3.63, 3.8) is 0 Å². The van der Waals surface area contributed by atoms with Gasteiger partial charge in [-0.05, 0) is 29.7 Å². The molecule has 2 nitrogen and oxygen atoms in total. The van der Waals surface area contributed by atoms with Gasteiger partial charge in [-0.1, -0.05) is 42.5 Å². The monoisotopic (exact) mass is 264 g/mol. The molecule has 0 spiro atoms. The van der Waals surface area contributed by atoms with Crippen LogP contribution < -0.4 is 4.74 Å². The molecule has 2 aliphatic heterocycles. The summed E-state index contributed by atoms with van der Waals surface area (Å²) in [6.07, 6.45) is 13.3. The minimum atomic E-state index is 0.0528. The first-order valence-electron chi connectivity index (χ1n) is 7.09. The number of fused-ring (bicyclic) bond motifs is 2. The lowest BCUT2D eigenvalue weighted by Crippen LogP contribution is -2.20. The fraction of sp³-hybridized carbons (Fsp3) is 0.222. The number of hydrogen-bond donors (Lipinski definition) is 0. The molecule has 0 saturated carbocycles. The van der Waals surface area contributed by atoms with Gasteiger partial charge in [0.15, 0.2) is 0 Å². The highest BCUT2D eigenvalue weighted by Gasteiger charge is 2.24. The molecule has 2 heteroatoms. The Balaban J connectivity index is 1.64. The van der Waals surface area contributed by atoms with E-state index in [0.717, 1.165) is 36.5 Å². The fourth-order valence-corrected chi connectivity index (χ4v) is 2.86. The third kappa shape index (κ3) is 1.97. The van der Waals surface area contributed by atoms with E-state index in [1.54, 1.807) is 0 Å². The number of para-hydroxylation sites is 1. The molecule has 3 aliphatic rings. The van der Waals surface area contributed by atoms with Crippen molar-refractivity contribution in [1.29, 1.82) is 0 Å². The molecule has 1 aliphatic carbocycles. The van der Waals surface area contributed by atoms with E-state index in [4.69, 9.17) is 9.47 Å². The molecule has 4 rings (SSSR count). The van der Waals surface area contributed by atoms with E-state index in [-0.39, 0.29) is 6.10 Å². The molecule has 1 aromatic rings. The summed E-state index contributed by atoms with van der Waals surface area (Å²) in [5, 5.41) is 0. The van der Waals surface area contributed by atoms with Crippen LogP contribution in [0.4, 0.5) is 0 Å². The molecule has 1 aromatic carbocycles. The summed E-state index contributed by atoms with van der Waals surface area (Å²) in [7, 11) is 0. The first-order valence-corrected chi connectivity index (χ1v) is 7.09. The predicted molar refractivity (Wildman–Crippen MR) is 78.3 cm³/mol. The van der Waals surface area contributed by atoms with Gasteiger partial charge in [0.25, 0.3) is 0 Å². The maximum absolute atomic E-state index is 6.09. The molecule has 0 fully saturated rings. The van der Waals surface area contributed by atoms with Gasteiger partial charge >= 0.3 is 0 Å². The maximum Gasteiger partial charge on any atom is 0.142 e. The highest BCUT2D eigenvalue weighted by atomic mass is 16.5.